The van der Waals surface area contributed by atoms with Gasteiger partial charge in [0.05, 0.1) is 10.6 Å². The molecule has 0 spiro atoms. The van der Waals surface area contributed by atoms with Crippen molar-refractivity contribution in [2.45, 2.75) is 13.8 Å². The van der Waals surface area contributed by atoms with Crippen molar-refractivity contribution in [1.29, 1.82) is 0 Å². The van der Waals surface area contributed by atoms with Crippen LogP contribution < -0.4 is 0 Å². The van der Waals surface area contributed by atoms with Crippen LogP contribution in [-0.2, 0) is 0 Å². The lowest BCUT2D eigenvalue weighted by atomic mass is 10.1. The van der Waals surface area contributed by atoms with Gasteiger partial charge < -0.3 is 5.11 Å². The first-order valence-corrected chi connectivity index (χ1v) is 5.67. The first-order chi connectivity index (χ1) is 7.58. The highest BCUT2D eigenvalue weighted by atomic mass is 32.1. The third-order valence-electron chi connectivity index (χ3n) is 2.26. The fraction of sp³-hybridized carbons (Fsp3) is 0.167. The van der Waals surface area contributed by atoms with Crippen molar-refractivity contribution in [1.82, 2.24) is 4.98 Å². The third kappa shape index (κ3) is 1.97. The quantitative estimate of drug-likeness (QED) is 0.867. The predicted molar refractivity (Wildman–Crippen MR) is 64.0 cm³/mol. The molecule has 4 heteroatoms. The van der Waals surface area contributed by atoms with Gasteiger partial charge in [-0.05, 0) is 19.4 Å². The minimum Gasteiger partial charge on any atom is -0.476 e. The van der Waals surface area contributed by atoms with Crippen molar-refractivity contribution in [3.63, 3.8) is 0 Å². The van der Waals surface area contributed by atoms with Crippen molar-refractivity contribution in [2.24, 2.45) is 0 Å². The lowest BCUT2D eigenvalue weighted by Crippen LogP contribution is -1.93. The average Bonchev–Trinajstić information content (AvgIpc) is 2.60. The molecule has 0 saturated carbocycles. The second-order valence-corrected chi connectivity index (χ2v) is 4.61. The first kappa shape index (κ1) is 10.8. The van der Waals surface area contributed by atoms with E-state index in [0.29, 0.717) is 0 Å². The molecular formula is C12H11NO2S. The van der Waals surface area contributed by atoms with Crippen LogP contribution in [0.5, 0.6) is 0 Å². The summed E-state index contributed by atoms with van der Waals surface area (Å²) in [6.07, 6.45) is 0. The summed E-state index contributed by atoms with van der Waals surface area (Å²) in [6, 6.07) is 7.98. The van der Waals surface area contributed by atoms with Crippen LogP contribution in [0.25, 0.3) is 10.4 Å². The van der Waals surface area contributed by atoms with Gasteiger partial charge in [-0.25, -0.2) is 9.78 Å². The van der Waals surface area contributed by atoms with Gasteiger partial charge in [0.1, 0.15) is 0 Å². The number of carbonyl (C=O) groups is 1. The lowest BCUT2D eigenvalue weighted by molar-refractivity contribution is 0.0696. The molecule has 16 heavy (non-hydrogen) atoms. The van der Waals surface area contributed by atoms with E-state index in [9.17, 15) is 4.79 Å². The normalized spacial score (nSPS) is 10.4. The highest BCUT2D eigenvalue weighted by Gasteiger charge is 2.14. The second kappa shape index (κ2) is 4.06. The molecule has 1 heterocycles. The molecule has 2 aromatic rings. The Morgan fingerprint density at radius 1 is 1.38 bits per heavy atom. The average molecular weight is 233 g/mol. The Labute approximate surface area is 97.4 Å². The van der Waals surface area contributed by atoms with E-state index in [1.807, 2.05) is 38.1 Å². The number of hydrogen-bond donors (Lipinski definition) is 1. The highest BCUT2D eigenvalue weighted by Crippen LogP contribution is 2.30. The van der Waals surface area contributed by atoms with E-state index in [2.05, 4.69) is 4.98 Å². The number of benzene rings is 1. The molecule has 0 aliphatic heterocycles. The molecule has 0 amide bonds. The molecule has 0 aliphatic carbocycles. The zero-order valence-electron chi connectivity index (χ0n) is 9.02. The minimum absolute atomic E-state index is 0.147. The Morgan fingerprint density at radius 3 is 2.69 bits per heavy atom. The van der Waals surface area contributed by atoms with Gasteiger partial charge >= 0.3 is 5.97 Å². The number of rotatable bonds is 2. The molecule has 82 valence electrons. The van der Waals surface area contributed by atoms with E-state index in [1.165, 1.54) is 11.3 Å². The van der Waals surface area contributed by atoms with E-state index in [4.69, 9.17) is 5.11 Å². The number of carboxylic acids is 1. The molecule has 0 bridgehead atoms. The van der Waals surface area contributed by atoms with Gasteiger partial charge in [0.25, 0.3) is 0 Å². The molecule has 0 radical (unpaired) electrons. The minimum atomic E-state index is -0.966. The van der Waals surface area contributed by atoms with Crippen molar-refractivity contribution >= 4 is 17.3 Å². The predicted octanol–water partition coefficient (Wildman–Crippen LogP) is 3.13. The largest absolute Gasteiger partial charge is 0.476 e. The zero-order chi connectivity index (χ0) is 11.7. The third-order valence-corrected chi connectivity index (χ3v) is 3.45. The van der Waals surface area contributed by atoms with Crippen LogP contribution in [0.1, 0.15) is 21.1 Å². The van der Waals surface area contributed by atoms with Crippen molar-refractivity contribution in [2.75, 3.05) is 0 Å². The molecule has 0 unspecified atom stereocenters. The van der Waals surface area contributed by atoms with Crippen LogP contribution in [0.15, 0.2) is 24.3 Å². The topological polar surface area (TPSA) is 50.2 Å². The van der Waals surface area contributed by atoms with Crippen molar-refractivity contribution in [3.05, 3.63) is 40.5 Å². The van der Waals surface area contributed by atoms with Crippen molar-refractivity contribution < 1.29 is 9.90 Å². The van der Waals surface area contributed by atoms with Crippen LogP contribution in [0.2, 0.25) is 0 Å². The molecule has 0 fully saturated rings. The number of thiazole rings is 1. The Balaban J connectivity index is 2.52. The molecular weight excluding hydrogens is 222 g/mol. The molecule has 0 saturated heterocycles. The maximum atomic E-state index is 10.8. The molecule has 1 N–H and O–H groups in total. The Kier molecular flexibility index (Phi) is 2.75. The van der Waals surface area contributed by atoms with Crippen LogP contribution in [0, 0.1) is 13.8 Å². The van der Waals surface area contributed by atoms with Gasteiger partial charge in [-0.3, -0.25) is 0 Å². The number of aromatic carboxylic acids is 1. The zero-order valence-corrected chi connectivity index (χ0v) is 9.84. The Hall–Kier alpha value is -1.68. The smallest absolute Gasteiger partial charge is 0.365 e. The number of aromatic nitrogens is 1. The maximum Gasteiger partial charge on any atom is 0.365 e. The molecule has 1 aromatic heterocycles. The van der Waals surface area contributed by atoms with E-state index in [0.717, 1.165) is 21.7 Å². The molecule has 1 aromatic carbocycles. The van der Waals surface area contributed by atoms with E-state index >= 15 is 0 Å². The van der Waals surface area contributed by atoms with E-state index in [1.54, 1.807) is 0 Å². The first-order valence-electron chi connectivity index (χ1n) is 4.85. The summed E-state index contributed by atoms with van der Waals surface area (Å²) in [5.74, 6) is -0.966. The summed E-state index contributed by atoms with van der Waals surface area (Å²) in [4.78, 5) is 15.8. The summed E-state index contributed by atoms with van der Waals surface area (Å²) >= 11 is 1.22. The fourth-order valence-electron chi connectivity index (χ4n) is 1.54. The van der Waals surface area contributed by atoms with Crippen molar-refractivity contribution in [3.8, 4) is 10.4 Å². The van der Waals surface area contributed by atoms with Crippen LogP contribution >= 0.6 is 11.3 Å². The van der Waals surface area contributed by atoms with Gasteiger partial charge in [-0.15, -0.1) is 11.3 Å². The van der Waals surface area contributed by atoms with Gasteiger partial charge in [0.15, 0.2) is 0 Å². The summed E-state index contributed by atoms with van der Waals surface area (Å²) in [6.45, 7) is 3.85. The summed E-state index contributed by atoms with van der Waals surface area (Å²) in [5.41, 5.74) is 2.96. The number of aryl methyl sites for hydroxylation is 2. The summed E-state index contributed by atoms with van der Waals surface area (Å²) in [5, 5.41) is 9.02. The van der Waals surface area contributed by atoms with Gasteiger partial charge in [0, 0.05) is 0 Å². The number of nitrogens with zero attached hydrogens (tertiary/aromatic N) is 1. The molecule has 0 aliphatic rings. The number of carboxylic acid groups (broad SMARTS) is 1. The SMILES string of the molecule is Cc1cccc(-c2sc(C(=O)O)nc2C)c1. The summed E-state index contributed by atoms with van der Waals surface area (Å²) in [7, 11) is 0. The maximum absolute atomic E-state index is 10.8. The van der Waals surface area contributed by atoms with Crippen LogP contribution in [0.3, 0.4) is 0 Å². The fourth-order valence-corrected chi connectivity index (χ4v) is 2.44. The molecule has 2 rings (SSSR count). The second-order valence-electron chi connectivity index (χ2n) is 3.61. The summed E-state index contributed by atoms with van der Waals surface area (Å²) < 4.78 is 0. The lowest BCUT2D eigenvalue weighted by Gasteiger charge is -1.99. The van der Waals surface area contributed by atoms with Gasteiger partial charge in [-0.1, -0.05) is 29.8 Å². The Bertz CT molecular complexity index is 546. The standard InChI is InChI=1S/C12H11NO2S/c1-7-4-3-5-9(6-7)10-8(2)13-11(16-10)12(14)15/h3-6H,1-2H3,(H,14,15). The van der Waals surface area contributed by atoms with Crippen LogP contribution in [-0.4, -0.2) is 16.1 Å². The van der Waals surface area contributed by atoms with Gasteiger partial charge in [0.2, 0.25) is 5.01 Å². The van der Waals surface area contributed by atoms with E-state index < -0.39 is 5.97 Å². The monoisotopic (exact) mass is 233 g/mol. The highest BCUT2D eigenvalue weighted by molar-refractivity contribution is 7.17. The van der Waals surface area contributed by atoms with E-state index in [-0.39, 0.29) is 5.01 Å². The Morgan fingerprint density at radius 2 is 2.12 bits per heavy atom. The molecule has 3 nitrogen and oxygen atoms in total. The van der Waals surface area contributed by atoms with Gasteiger partial charge in [-0.2, -0.15) is 0 Å². The molecule has 0 atom stereocenters. The number of hydrogen-bond acceptors (Lipinski definition) is 3. The van der Waals surface area contributed by atoms with Crippen LogP contribution in [0.4, 0.5) is 0 Å².